The van der Waals surface area contributed by atoms with Crippen molar-refractivity contribution in [3.63, 3.8) is 0 Å². The second kappa shape index (κ2) is 7.17. The Hall–Kier alpha value is -1.82. The lowest BCUT2D eigenvalue weighted by molar-refractivity contribution is -0.142. The number of thioether (sulfide) groups is 1. The number of hydrogen-bond donors (Lipinski definition) is 0. The Kier molecular flexibility index (Phi) is 5.00. The molecule has 1 saturated carbocycles. The van der Waals surface area contributed by atoms with Gasteiger partial charge in [-0.15, -0.1) is 11.8 Å². The Bertz CT molecular complexity index is 601. The zero-order valence-corrected chi connectivity index (χ0v) is 14.0. The van der Waals surface area contributed by atoms with Crippen molar-refractivity contribution in [2.45, 2.75) is 38.4 Å². The van der Waals surface area contributed by atoms with E-state index in [-0.39, 0.29) is 17.9 Å². The number of nitrogens with zero attached hydrogens (tertiary/aromatic N) is 3. The fourth-order valence-corrected chi connectivity index (χ4v) is 3.91. The third kappa shape index (κ3) is 3.75. The summed E-state index contributed by atoms with van der Waals surface area (Å²) in [6.07, 6.45) is 8.89. The second-order valence-electron chi connectivity index (χ2n) is 5.88. The molecule has 1 aromatic heterocycles. The van der Waals surface area contributed by atoms with Crippen molar-refractivity contribution in [3.05, 3.63) is 42.2 Å². The lowest BCUT2D eigenvalue weighted by atomic mass is 10.2. The minimum Gasteiger partial charge on any atom is -0.334 e. The Balaban J connectivity index is 1.74. The van der Waals surface area contributed by atoms with Crippen LogP contribution in [-0.2, 0) is 16.1 Å². The van der Waals surface area contributed by atoms with Crippen LogP contribution in [0.25, 0.3) is 0 Å². The summed E-state index contributed by atoms with van der Waals surface area (Å²) in [6.45, 7) is 2.39. The van der Waals surface area contributed by atoms with Crippen LogP contribution in [0.2, 0.25) is 0 Å². The molecule has 2 fully saturated rings. The van der Waals surface area contributed by atoms with Crippen LogP contribution in [0.15, 0.2) is 36.7 Å². The molecule has 5 nitrogen and oxygen atoms in total. The number of rotatable bonds is 5. The third-order valence-corrected chi connectivity index (χ3v) is 5.12. The van der Waals surface area contributed by atoms with Crippen molar-refractivity contribution in [2.75, 3.05) is 11.6 Å². The van der Waals surface area contributed by atoms with Gasteiger partial charge in [0.15, 0.2) is 0 Å². The van der Waals surface area contributed by atoms with E-state index >= 15 is 0 Å². The average Bonchev–Trinajstić information content (AvgIpc) is 3.28. The molecule has 6 heteroatoms. The van der Waals surface area contributed by atoms with Crippen LogP contribution in [0.5, 0.6) is 0 Å². The smallest absolute Gasteiger partial charge is 0.247 e. The van der Waals surface area contributed by atoms with Crippen molar-refractivity contribution in [1.29, 1.82) is 0 Å². The molecule has 1 aliphatic carbocycles. The average molecular weight is 331 g/mol. The van der Waals surface area contributed by atoms with E-state index in [9.17, 15) is 9.59 Å². The van der Waals surface area contributed by atoms with E-state index in [0.29, 0.717) is 24.2 Å². The van der Waals surface area contributed by atoms with Crippen molar-refractivity contribution in [1.82, 2.24) is 14.8 Å². The van der Waals surface area contributed by atoms with Crippen LogP contribution in [0.1, 0.15) is 25.3 Å². The van der Waals surface area contributed by atoms with Crippen LogP contribution in [0.3, 0.4) is 0 Å². The van der Waals surface area contributed by atoms with Crippen LogP contribution in [-0.4, -0.2) is 50.3 Å². The molecule has 1 aliphatic heterocycles. The Morgan fingerprint density at radius 1 is 1.48 bits per heavy atom. The highest BCUT2D eigenvalue weighted by Crippen LogP contribution is 2.31. The van der Waals surface area contributed by atoms with E-state index in [1.165, 1.54) is 6.08 Å². The van der Waals surface area contributed by atoms with Gasteiger partial charge in [-0.1, -0.05) is 12.1 Å². The molecule has 0 radical (unpaired) electrons. The lowest BCUT2D eigenvalue weighted by Crippen LogP contribution is -2.49. The van der Waals surface area contributed by atoms with E-state index in [2.05, 4.69) is 4.98 Å². The van der Waals surface area contributed by atoms with E-state index < -0.39 is 0 Å². The zero-order valence-electron chi connectivity index (χ0n) is 13.2. The molecule has 2 aliphatic rings. The Morgan fingerprint density at radius 3 is 2.96 bits per heavy atom. The molecular weight excluding hydrogens is 310 g/mol. The summed E-state index contributed by atoms with van der Waals surface area (Å²) >= 11 is 1.64. The van der Waals surface area contributed by atoms with E-state index in [1.54, 1.807) is 35.1 Å². The monoisotopic (exact) mass is 331 g/mol. The number of carbonyl (C=O) groups excluding carboxylic acids is 2. The van der Waals surface area contributed by atoms with E-state index in [0.717, 1.165) is 18.4 Å². The Morgan fingerprint density at radius 2 is 2.30 bits per heavy atom. The van der Waals surface area contributed by atoms with Gasteiger partial charge < -0.3 is 9.80 Å². The largest absolute Gasteiger partial charge is 0.334 e. The molecule has 2 heterocycles. The molecule has 0 spiro atoms. The highest BCUT2D eigenvalue weighted by Gasteiger charge is 2.41. The van der Waals surface area contributed by atoms with Gasteiger partial charge in [0, 0.05) is 30.7 Å². The van der Waals surface area contributed by atoms with Crippen molar-refractivity contribution < 1.29 is 9.59 Å². The standard InChI is InChI=1S/C17H21N3O2S/c1-2-4-16(21)20-12-23-11-15(20)17(22)19(14-6-7-14)10-13-5-3-8-18-9-13/h2-5,8-9,14-15H,6-7,10-12H2,1H3. The van der Waals surface area contributed by atoms with Crippen molar-refractivity contribution in [2.24, 2.45) is 0 Å². The topological polar surface area (TPSA) is 53.5 Å². The number of aromatic nitrogens is 1. The minimum absolute atomic E-state index is 0.0687. The maximum Gasteiger partial charge on any atom is 0.247 e. The molecule has 23 heavy (non-hydrogen) atoms. The molecule has 0 aromatic carbocycles. The summed E-state index contributed by atoms with van der Waals surface area (Å²) in [7, 11) is 0. The van der Waals surface area contributed by atoms with Gasteiger partial charge in [-0.2, -0.15) is 0 Å². The molecule has 1 saturated heterocycles. The highest BCUT2D eigenvalue weighted by molar-refractivity contribution is 7.99. The number of allylic oxidation sites excluding steroid dienone is 1. The van der Waals surface area contributed by atoms with Gasteiger partial charge in [0.05, 0.1) is 5.88 Å². The maximum atomic E-state index is 13.0. The number of amides is 2. The summed E-state index contributed by atoms with van der Waals surface area (Å²) in [5.41, 5.74) is 1.03. The van der Waals surface area contributed by atoms with Crippen LogP contribution < -0.4 is 0 Å². The second-order valence-corrected chi connectivity index (χ2v) is 6.88. The summed E-state index contributed by atoms with van der Waals surface area (Å²) in [5.74, 6) is 1.26. The summed E-state index contributed by atoms with van der Waals surface area (Å²) in [6, 6.07) is 3.84. The van der Waals surface area contributed by atoms with Crippen LogP contribution in [0.4, 0.5) is 0 Å². The molecular formula is C17H21N3O2S. The van der Waals surface area contributed by atoms with Crippen LogP contribution in [0, 0.1) is 0 Å². The highest BCUT2D eigenvalue weighted by atomic mass is 32.2. The van der Waals surface area contributed by atoms with Gasteiger partial charge in [-0.05, 0) is 37.5 Å². The molecule has 0 N–H and O–H groups in total. The minimum atomic E-state index is -0.346. The Labute approximate surface area is 140 Å². The summed E-state index contributed by atoms with van der Waals surface area (Å²) in [5, 5.41) is 0. The maximum absolute atomic E-state index is 13.0. The first kappa shape index (κ1) is 16.1. The third-order valence-electron chi connectivity index (χ3n) is 4.11. The van der Waals surface area contributed by atoms with E-state index in [4.69, 9.17) is 0 Å². The number of carbonyl (C=O) groups is 2. The van der Waals surface area contributed by atoms with Crippen LogP contribution >= 0.6 is 11.8 Å². The quantitative estimate of drug-likeness (QED) is 0.775. The normalized spacial score (nSPS) is 20.9. The lowest BCUT2D eigenvalue weighted by Gasteiger charge is -2.29. The number of hydrogen-bond acceptors (Lipinski definition) is 4. The van der Waals surface area contributed by atoms with E-state index in [1.807, 2.05) is 24.0 Å². The molecule has 3 rings (SSSR count). The van der Waals surface area contributed by atoms with Gasteiger partial charge in [0.1, 0.15) is 6.04 Å². The van der Waals surface area contributed by atoms with Gasteiger partial charge >= 0.3 is 0 Å². The fraction of sp³-hybridized carbons (Fsp3) is 0.471. The summed E-state index contributed by atoms with van der Waals surface area (Å²) < 4.78 is 0. The van der Waals surface area contributed by atoms with Gasteiger partial charge in [-0.25, -0.2) is 0 Å². The first-order valence-electron chi connectivity index (χ1n) is 7.91. The molecule has 1 aromatic rings. The molecule has 2 amide bonds. The zero-order chi connectivity index (χ0) is 16.2. The predicted octanol–water partition coefficient (Wildman–Crippen LogP) is 2.05. The first-order valence-corrected chi connectivity index (χ1v) is 9.06. The predicted molar refractivity (Wildman–Crippen MR) is 90.6 cm³/mol. The number of pyridine rings is 1. The van der Waals surface area contributed by atoms with Gasteiger partial charge in [0.2, 0.25) is 11.8 Å². The molecule has 122 valence electrons. The summed E-state index contributed by atoms with van der Waals surface area (Å²) in [4.78, 5) is 32.9. The van der Waals surface area contributed by atoms with Gasteiger partial charge in [-0.3, -0.25) is 14.6 Å². The van der Waals surface area contributed by atoms with Gasteiger partial charge in [0.25, 0.3) is 0 Å². The SMILES string of the molecule is CC=CC(=O)N1CSCC1C(=O)N(Cc1cccnc1)C1CC1. The fourth-order valence-electron chi connectivity index (χ4n) is 2.76. The first-order chi connectivity index (χ1) is 11.2. The van der Waals surface area contributed by atoms with Crippen molar-refractivity contribution >= 4 is 23.6 Å². The molecule has 1 atom stereocenters. The van der Waals surface area contributed by atoms with Crippen molar-refractivity contribution in [3.8, 4) is 0 Å². The molecule has 0 bridgehead atoms. The molecule has 1 unspecified atom stereocenters.